The van der Waals surface area contributed by atoms with E-state index in [1.807, 2.05) is 6.92 Å². The highest BCUT2D eigenvalue weighted by atomic mass is 16.5. The fourth-order valence-electron chi connectivity index (χ4n) is 4.54. The average Bonchev–Trinajstić information content (AvgIpc) is 2.77. The van der Waals surface area contributed by atoms with E-state index < -0.39 is 0 Å². The average molecular weight is 432 g/mol. The highest BCUT2D eigenvalue weighted by molar-refractivity contribution is 5.46. The van der Waals surface area contributed by atoms with Gasteiger partial charge in [0.25, 0.3) is 0 Å². The summed E-state index contributed by atoms with van der Waals surface area (Å²) in [5.41, 5.74) is 0.887. The zero-order chi connectivity index (χ0) is 22.3. The topological polar surface area (TPSA) is 70.6 Å². The molecule has 0 atom stereocenters. The van der Waals surface area contributed by atoms with Gasteiger partial charge in [0.1, 0.15) is 11.6 Å². The number of ether oxygens (including phenoxy) is 1. The van der Waals surface area contributed by atoms with E-state index in [9.17, 15) is 4.79 Å². The predicted octanol–water partition coefficient (Wildman–Crippen LogP) is 3.13. The number of aromatic nitrogens is 2. The van der Waals surface area contributed by atoms with Gasteiger partial charge in [0.05, 0.1) is 12.3 Å². The third-order valence-electron chi connectivity index (χ3n) is 6.59. The fourth-order valence-corrected chi connectivity index (χ4v) is 4.54. The molecular formula is C24H41N5O2. The van der Waals surface area contributed by atoms with Crippen LogP contribution in [-0.2, 0) is 21.6 Å². The first kappa shape index (κ1) is 23.9. The molecule has 1 N–H and O–H groups in total. The molecule has 0 aromatic carbocycles. The first-order valence-electron chi connectivity index (χ1n) is 12.0. The number of hydrogen-bond donors (Lipinski definition) is 1. The van der Waals surface area contributed by atoms with Crippen molar-refractivity contribution in [3.63, 3.8) is 0 Å². The first-order valence-corrected chi connectivity index (χ1v) is 12.0. The highest BCUT2D eigenvalue weighted by Crippen LogP contribution is 2.27. The van der Waals surface area contributed by atoms with E-state index in [0.717, 1.165) is 68.7 Å². The van der Waals surface area contributed by atoms with Crippen LogP contribution < -0.4 is 10.2 Å². The lowest BCUT2D eigenvalue weighted by atomic mass is 9.84. The van der Waals surface area contributed by atoms with Crippen LogP contribution in [-0.4, -0.2) is 66.7 Å². The zero-order valence-corrected chi connectivity index (χ0v) is 19.9. The molecule has 3 rings (SSSR count). The van der Waals surface area contributed by atoms with E-state index in [0.29, 0.717) is 19.3 Å². The molecule has 7 nitrogen and oxygen atoms in total. The molecule has 0 bridgehead atoms. The third kappa shape index (κ3) is 7.14. The van der Waals surface area contributed by atoms with Crippen molar-refractivity contribution in [3.8, 4) is 0 Å². The molecule has 2 aliphatic rings. The molecule has 0 unspecified atom stereocenters. The maximum atomic E-state index is 10.6. The second-order valence-corrected chi connectivity index (χ2v) is 10.0. The molecular weight excluding hydrogens is 390 g/mol. The first-order chi connectivity index (χ1) is 14.9. The lowest BCUT2D eigenvalue weighted by molar-refractivity contribution is -0.110. The van der Waals surface area contributed by atoms with Crippen molar-refractivity contribution in [2.45, 2.75) is 77.9 Å². The summed E-state index contributed by atoms with van der Waals surface area (Å²) in [5.74, 6) is 2.73. The summed E-state index contributed by atoms with van der Waals surface area (Å²) in [6, 6.07) is 2.50. The Kier molecular flexibility index (Phi) is 8.67. The number of carbonyl (C=O) groups is 1. The standard InChI is InChI=1S/C24H41N5O2/c1-5-31-17-21-16-22(27-23(26-21)24(2,3)4)29-14-12-28(13-15-29)11-10-19-6-8-20(9-7-19)25-18-30/h16,18-20H,5-15,17H2,1-4H3,(H,25,30). The third-order valence-corrected chi connectivity index (χ3v) is 6.59. The van der Waals surface area contributed by atoms with E-state index >= 15 is 0 Å². The van der Waals surface area contributed by atoms with Crippen molar-refractivity contribution < 1.29 is 9.53 Å². The Morgan fingerprint density at radius 3 is 2.45 bits per heavy atom. The van der Waals surface area contributed by atoms with Crippen molar-refractivity contribution in [1.82, 2.24) is 20.2 Å². The van der Waals surface area contributed by atoms with Gasteiger partial charge in [0.15, 0.2) is 0 Å². The number of hydrogen-bond acceptors (Lipinski definition) is 6. The van der Waals surface area contributed by atoms with E-state index in [4.69, 9.17) is 14.7 Å². The number of piperazine rings is 1. The summed E-state index contributed by atoms with van der Waals surface area (Å²) >= 11 is 0. The predicted molar refractivity (Wildman–Crippen MR) is 124 cm³/mol. The SMILES string of the molecule is CCOCc1cc(N2CCN(CCC3CCC(NC=O)CC3)CC2)nc(C(C)(C)C)n1. The normalized spacial score (nSPS) is 23.0. The van der Waals surface area contributed by atoms with Crippen LogP contribution in [0.15, 0.2) is 6.07 Å². The van der Waals surface area contributed by atoms with Crippen LogP contribution in [0.5, 0.6) is 0 Å². The minimum atomic E-state index is -0.0843. The number of nitrogens with zero attached hydrogens (tertiary/aromatic N) is 4. The van der Waals surface area contributed by atoms with Crippen LogP contribution in [0.1, 0.15) is 71.3 Å². The van der Waals surface area contributed by atoms with Crippen LogP contribution >= 0.6 is 0 Å². The lowest BCUT2D eigenvalue weighted by Gasteiger charge is -2.37. The minimum Gasteiger partial charge on any atom is -0.375 e. The van der Waals surface area contributed by atoms with Gasteiger partial charge in [-0.3, -0.25) is 9.69 Å². The van der Waals surface area contributed by atoms with Gasteiger partial charge in [-0.2, -0.15) is 0 Å². The van der Waals surface area contributed by atoms with Crippen LogP contribution in [0.25, 0.3) is 0 Å². The van der Waals surface area contributed by atoms with Gasteiger partial charge in [-0.1, -0.05) is 20.8 Å². The smallest absolute Gasteiger partial charge is 0.207 e. The van der Waals surface area contributed by atoms with Crippen LogP contribution in [0, 0.1) is 5.92 Å². The summed E-state index contributed by atoms with van der Waals surface area (Å²) in [6.45, 7) is 15.1. The molecule has 0 radical (unpaired) electrons. The molecule has 1 aromatic rings. The molecule has 1 aromatic heterocycles. The lowest BCUT2D eigenvalue weighted by Crippen LogP contribution is -2.47. The molecule has 1 aliphatic carbocycles. The summed E-state index contributed by atoms with van der Waals surface area (Å²) in [5, 5.41) is 2.94. The summed E-state index contributed by atoms with van der Waals surface area (Å²) in [7, 11) is 0. The second-order valence-electron chi connectivity index (χ2n) is 10.0. The van der Waals surface area contributed by atoms with Gasteiger partial charge in [-0.05, 0) is 51.5 Å². The van der Waals surface area contributed by atoms with Gasteiger partial charge in [0.2, 0.25) is 6.41 Å². The Morgan fingerprint density at radius 2 is 1.84 bits per heavy atom. The van der Waals surface area contributed by atoms with E-state index in [1.54, 1.807) is 0 Å². The Labute approximate surface area is 188 Å². The highest BCUT2D eigenvalue weighted by Gasteiger charge is 2.25. The number of amides is 1. The zero-order valence-electron chi connectivity index (χ0n) is 19.9. The van der Waals surface area contributed by atoms with E-state index in [2.05, 4.69) is 42.0 Å². The second kappa shape index (κ2) is 11.2. The van der Waals surface area contributed by atoms with Crippen molar-refractivity contribution in [2.75, 3.05) is 44.2 Å². The molecule has 1 saturated carbocycles. The number of rotatable bonds is 9. The summed E-state index contributed by atoms with van der Waals surface area (Å²) in [6.07, 6.45) is 6.87. The number of carbonyl (C=O) groups excluding carboxylic acids is 1. The van der Waals surface area contributed by atoms with Gasteiger partial charge < -0.3 is 15.0 Å². The minimum absolute atomic E-state index is 0.0843. The van der Waals surface area contributed by atoms with Gasteiger partial charge >= 0.3 is 0 Å². The molecule has 31 heavy (non-hydrogen) atoms. The summed E-state index contributed by atoms with van der Waals surface area (Å²) < 4.78 is 5.62. The summed E-state index contributed by atoms with van der Waals surface area (Å²) in [4.78, 5) is 25.3. The monoisotopic (exact) mass is 431 g/mol. The van der Waals surface area contributed by atoms with Crippen molar-refractivity contribution in [1.29, 1.82) is 0 Å². The molecule has 1 aliphatic heterocycles. The molecule has 174 valence electrons. The van der Waals surface area contributed by atoms with Crippen LogP contribution in [0.4, 0.5) is 5.82 Å². The van der Waals surface area contributed by atoms with Crippen LogP contribution in [0.2, 0.25) is 0 Å². The maximum Gasteiger partial charge on any atom is 0.207 e. The quantitative estimate of drug-likeness (QED) is 0.606. The van der Waals surface area contributed by atoms with Gasteiger partial charge in [0, 0.05) is 50.3 Å². The Balaban J connectivity index is 1.50. The fraction of sp³-hybridized carbons (Fsp3) is 0.792. The molecule has 2 heterocycles. The Bertz CT molecular complexity index is 690. The van der Waals surface area contributed by atoms with E-state index in [-0.39, 0.29) is 5.41 Å². The molecule has 0 spiro atoms. The Hall–Kier alpha value is -1.73. The van der Waals surface area contributed by atoms with Gasteiger partial charge in [-0.15, -0.1) is 0 Å². The maximum absolute atomic E-state index is 10.6. The molecule has 1 amide bonds. The van der Waals surface area contributed by atoms with Crippen molar-refractivity contribution in [3.05, 3.63) is 17.6 Å². The molecule has 2 fully saturated rings. The number of nitrogens with one attached hydrogen (secondary N) is 1. The Morgan fingerprint density at radius 1 is 1.13 bits per heavy atom. The van der Waals surface area contributed by atoms with Crippen LogP contribution in [0.3, 0.4) is 0 Å². The van der Waals surface area contributed by atoms with Crippen molar-refractivity contribution >= 4 is 12.2 Å². The molecule has 7 heteroatoms. The van der Waals surface area contributed by atoms with Gasteiger partial charge in [-0.25, -0.2) is 9.97 Å². The van der Waals surface area contributed by atoms with E-state index in [1.165, 1.54) is 25.8 Å². The number of anilines is 1. The van der Waals surface area contributed by atoms with Crippen molar-refractivity contribution in [2.24, 2.45) is 5.92 Å². The largest absolute Gasteiger partial charge is 0.375 e. The molecule has 1 saturated heterocycles.